The molecule has 2 aromatic rings. The molecule has 0 bridgehead atoms. The molecule has 6 rings (SSSR count). The van der Waals surface area contributed by atoms with Crippen molar-refractivity contribution in [3.05, 3.63) is 23.7 Å². The van der Waals surface area contributed by atoms with Gasteiger partial charge in [-0.1, -0.05) is 0 Å². The molecule has 2 aliphatic heterocycles. The van der Waals surface area contributed by atoms with E-state index in [9.17, 15) is 9.59 Å². The molecule has 28 heavy (non-hydrogen) atoms. The Balaban J connectivity index is 1.21. The maximum absolute atomic E-state index is 13.0. The lowest BCUT2D eigenvalue weighted by molar-refractivity contribution is -0.196. The first-order chi connectivity index (χ1) is 13.6. The van der Waals surface area contributed by atoms with Crippen LogP contribution in [0.25, 0.3) is 11.2 Å². The summed E-state index contributed by atoms with van der Waals surface area (Å²) in [7, 11) is 0. The van der Waals surface area contributed by atoms with Crippen LogP contribution in [0.2, 0.25) is 0 Å². The molecule has 8 nitrogen and oxygen atoms in total. The topological polar surface area (TPSA) is 100 Å². The Morgan fingerprint density at radius 1 is 1.25 bits per heavy atom. The highest BCUT2D eigenvalue weighted by Gasteiger charge is 2.53. The number of amides is 2. The number of carbonyl (C=O) groups is 2. The van der Waals surface area contributed by atoms with Gasteiger partial charge in [0, 0.05) is 25.2 Å². The molecule has 0 radical (unpaired) electrons. The fourth-order valence-electron chi connectivity index (χ4n) is 4.37. The quantitative estimate of drug-likeness (QED) is 0.811. The van der Waals surface area contributed by atoms with Gasteiger partial charge in [0.25, 0.3) is 5.91 Å². The summed E-state index contributed by atoms with van der Waals surface area (Å²) in [6.45, 7) is 2.98. The molecule has 2 aliphatic carbocycles. The van der Waals surface area contributed by atoms with Crippen LogP contribution < -0.4 is 5.32 Å². The average molecular weight is 381 g/mol. The minimum atomic E-state index is -0.449. The highest BCUT2D eigenvalue weighted by atomic mass is 16.5. The Morgan fingerprint density at radius 2 is 2.04 bits per heavy atom. The zero-order valence-corrected chi connectivity index (χ0v) is 15.6. The fourth-order valence-corrected chi connectivity index (χ4v) is 4.37. The summed E-state index contributed by atoms with van der Waals surface area (Å²) < 4.78 is 5.29. The average Bonchev–Trinajstić information content (AvgIpc) is 3.53. The van der Waals surface area contributed by atoms with E-state index in [0.29, 0.717) is 22.6 Å². The number of aromatic amines is 1. The van der Waals surface area contributed by atoms with E-state index < -0.39 is 6.04 Å². The lowest BCUT2D eigenvalue weighted by atomic mass is 9.77. The Morgan fingerprint density at radius 3 is 2.68 bits per heavy atom. The summed E-state index contributed by atoms with van der Waals surface area (Å²) in [6, 6.07) is -0.449. The number of hydrogen-bond acceptors (Lipinski definition) is 5. The fraction of sp³-hybridized carbons (Fsp3) is 0.600. The summed E-state index contributed by atoms with van der Waals surface area (Å²) in [5.74, 6) is 0.501. The van der Waals surface area contributed by atoms with E-state index >= 15 is 0 Å². The van der Waals surface area contributed by atoms with Gasteiger partial charge in [0.1, 0.15) is 11.6 Å². The third-order valence-electron chi connectivity index (χ3n) is 6.47. The van der Waals surface area contributed by atoms with E-state index in [4.69, 9.17) is 4.74 Å². The minimum absolute atomic E-state index is 0.0398. The highest BCUT2D eigenvalue weighted by molar-refractivity contribution is 6.06. The number of rotatable bonds is 5. The third kappa shape index (κ3) is 2.62. The van der Waals surface area contributed by atoms with Crippen LogP contribution in [0.15, 0.2) is 12.4 Å². The summed E-state index contributed by atoms with van der Waals surface area (Å²) in [5.41, 5.74) is 2.80. The summed E-state index contributed by atoms with van der Waals surface area (Å²) in [6.07, 6.45) is 7.67. The maximum atomic E-state index is 13.0. The largest absolute Gasteiger partial charge is 0.380 e. The Hall–Kier alpha value is -2.48. The van der Waals surface area contributed by atoms with Crippen LogP contribution in [0.1, 0.15) is 47.7 Å². The van der Waals surface area contributed by atoms with Crippen LogP contribution >= 0.6 is 0 Å². The van der Waals surface area contributed by atoms with Crippen molar-refractivity contribution in [3.63, 3.8) is 0 Å². The molecule has 1 atom stereocenters. The van der Waals surface area contributed by atoms with Gasteiger partial charge < -0.3 is 19.9 Å². The molecule has 2 N–H and O–H groups in total. The summed E-state index contributed by atoms with van der Waals surface area (Å²) >= 11 is 0. The number of nitrogens with one attached hydrogen (secondary N) is 2. The van der Waals surface area contributed by atoms with Crippen LogP contribution in [0.4, 0.5) is 0 Å². The van der Waals surface area contributed by atoms with E-state index in [0.717, 1.165) is 57.7 Å². The van der Waals surface area contributed by atoms with Gasteiger partial charge >= 0.3 is 0 Å². The van der Waals surface area contributed by atoms with Gasteiger partial charge in [0.05, 0.1) is 36.1 Å². The molecule has 146 valence electrons. The molecule has 4 aliphatic rings. The maximum Gasteiger partial charge on any atom is 0.255 e. The standard InChI is InChI=1S/C20H23N5O3/c26-18(13-5-21-17-16(13)23-14(6-22-17)11-1-2-11)24-15(12-3-4-12)19(27)25-7-20(8-25)9-28-10-20/h5-6,11-12,15H,1-4,7-10H2,(H,21,22)(H,24,26). The molecule has 2 aromatic heterocycles. The molecular formula is C20H23N5O3. The second-order valence-corrected chi connectivity index (χ2v) is 8.94. The molecule has 8 heteroatoms. The van der Waals surface area contributed by atoms with Crippen LogP contribution in [-0.4, -0.2) is 64.0 Å². The number of H-pyrrole nitrogens is 1. The molecule has 4 heterocycles. The van der Waals surface area contributed by atoms with Crippen molar-refractivity contribution in [2.75, 3.05) is 26.3 Å². The molecule has 1 spiro atoms. The first-order valence-corrected chi connectivity index (χ1v) is 10.1. The van der Waals surface area contributed by atoms with Gasteiger partial charge in [0.15, 0.2) is 5.65 Å². The van der Waals surface area contributed by atoms with Gasteiger partial charge in [0.2, 0.25) is 5.91 Å². The van der Waals surface area contributed by atoms with Crippen molar-refractivity contribution >= 4 is 23.0 Å². The minimum Gasteiger partial charge on any atom is -0.380 e. The van der Waals surface area contributed by atoms with E-state index in [1.807, 2.05) is 4.90 Å². The number of aromatic nitrogens is 3. The first kappa shape index (κ1) is 16.5. The van der Waals surface area contributed by atoms with Crippen LogP contribution in [0.5, 0.6) is 0 Å². The molecule has 0 aromatic carbocycles. The van der Waals surface area contributed by atoms with Gasteiger partial charge in [-0.05, 0) is 31.6 Å². The van der Waals surface area contributed by atoms with E-state index in [-0.39, 0.29) is 23.1 Å². The second-order valence-electron chi connectivity index (χ2n) is 8.94. The lowest BCUT2D eigenvalue weighted by Gasteiger charge is -2.55. The van der Waals surface area contributed by atoms with Gasteiger partial charge in [-0.3, -0.25) is 9.59 Å². The number of nitrogens with zero attached hydrogens (tertiary/aromatic N) is 3. The Kier molecular flexibility index (Phi) is 3.39. The predicted molar refractivity (Wildman–Crippen MR) is 99.7 cm³/mol. The number of carbonyl (C=O) groups excluding carboxylic acids is 2. The van der Waals surface area contributed by atoms with Crippen molar-refractivity contribution in [2.45, 2.75) is 37.6 Å². The van der Waals surface area contributed by atoms with Crippen LogP contribution in [0.3, 0.4) is 0 Å². The Bertz CT molecular complexity index is 965. The smallest absolute Gasteiger partial charge is 0.255 e. The van der Waals surface area contributed by atoms with Crippen LogP contribution in [-0.2, 0) is 9.53 Å². The highest BCUT2D eigenvalue weighted by Crippen LogP contribution is 2.41. The van der Waals surface area contributed by atoms with Crippen molar-refractivity contribution in [2.24, 2.45) is 11.3 Å². The second kappa shape index (κ2) is 5.76. The third-order valence-corrected chi connectivity index (χ3v) is 6.47. The normalized spacial score (nSPS) is 23.9. The summed E-state index contributed by atoms with van der Waals surface area (Å²) in [5, 5.41) is 3.00. The SMILES string of the molecule is O=C(NC(C(=O)N1CC2(COC2)C1)C1CC1)c1c[nH]c2ncc(C3CC3)nc12. The monoisotopic (exact) mass is 381 g/mol. The number of likely N-dealkylation sites (tertiary alicyclic amines) is 1. The van der Waals surface area contributed by atoms with E-state index in [1.54, 1.807) is 12.4 Å². The zero-order valence-electron chi connectivity index (χ0n) is 15.6. The van der Waals surface area contributed by atoms with E-state index in [2.05, 4.69) is 20.3 Å². The zero-order chi connectivity index (χ0) is 18.9. The molecular weight excluding hydrogens is 358 g/mol. The molecule has 2 saturated heterocycles. The van der Waals surface area contributed by atoms with Gasteiger partial charge in [-0.25, -0.2) is 9.97 Å². The van der Waals surface area contributed by atoms with E-state index in [1.165, 1.54) is 0 Å². The predicted octanol–water partition coefficient (Wildman–Crippen LogP) is 1.20. The lowest BCUT2D eigenvalue weighted by Crippen LogP contribution is -2.69. The number of ether oxygens (including phenoxy) is 1. The number of fused-ring (bicyclic) bond motifs is 1. The Labute approximate surface area is 162 Å². The first-order valence-electron chi connectivity index (χ1n) is 10.1. The van der Waals surface area contributed by atoms with Crippen molar-refractivity contribution < 1.29 is 14.3 Å². The summed E-state index contributed by atoms with van der Waals surface area (Å²) in [4.78, 5) is 40.0. The number of hydrogen-bond donors (Lipinski definition) is 2. The molecule has 1 unspecified atom stereocenters. The van der Waals surface area contributed by atoms with Crippen LogP contribution in [0, 0.1) is 11.3 Å². The van der Waals surface area contributed by atoms with Crippen molar-refractivity contribution in [1.29, 1.82) is 0 Å². The van der Waals surface area contributed by atoms with Gasteiger partial charge in [-0.15, -0.1) is 0 Å². The molecule has 2 saturated carbocycles. The van der Waals surface area contributed by atoms with Crippen molar-refractivity contribution in [1.82, 2.24) is 25.2 Å². The van der Waals surface area contributed by atoms with Gasteiger partial charge in [-0.2, -0.15) is 0 Å². The van der Waals surface area contributed by atoms with Crippen molar-refractivity contribution in [3.8, 4) is 0 Å². The molecule has 2 amide bonds. The molecule has 4 fully saturated rings.